The van der Waals surface area contributed by atoms with E-state index >= 15 is 0 Å². The van der Waals surface area contributed by atoms with Gasteiger partial charge in [-0.1, -0.05) is 18.2 Å². The molecule has 2 N–H and O–H groups in total. The molecule has 0 aromatic heterocycles. The Balaban J connectivity index is 2.03. The van der Waals surface area contributed by atoms with E-state index in [0.29, 0.717) is 0 Å². The highest BCUT2D eigenvalue weighted by molar-refractivity contribution is 5.80. The number of amides is 1. The number of nitrogens with one attached hydrogen (secondary N) is 2. The normalized spacial score (nSPS) is 17.1. The number of ether oxygens (including phenoxy) is 1. The number of hydrogen-bond donors (Lipinski definition) is 2. The van der Waals surface area contributed by atoms with Gasteiger partial charge in [0.15, 0.2) is 0 Å². The zero-order valence-corrected chi connectivity index (χ0v) is 10.2. The Morgan fingerprint density at radius 2 is 2.18 bits per heavy atom. The molecule has 1 amide bonds. The van der Waals surface area contributed by atoms with Crippen LogP contribution in [-0.4, -0.2) is 26.1 Å². The monoisotopic (exact) mass is 234 g/mol. The molecular weight excluding hydrogens is 216 g/mol. The molecule has 1 unspecified atom stereocenters. The predicted octanol–water partition coefficient (Wildman–Crippen LogP) is 1.09. The quantitative estimate of drug-likeness (QED) is 0.820. The fraction of sp³-hybridized carbons (Fsp3) is 0.462. The Morgan fingerprint density at radius 3 is 2.76 bits per heavy atom. The van der Waals surface area contributed by atoms with E-state index in [1.54, 1.807) is 7.11 Å². The molecule has 0 saturated carbocycles. The molecule has 0 aliphatic carbocycles. The average Bonchev–Trinajstić information content (AvgIpc) is 2.26. The first-order valence-corrected chi connectivity index (χ1v) is 5.86. The third-order valence-corrected chi connectivity index (χ3v) is 3.12. The molecule has 1 aliphatic rings. The van der Waals surface area contributed by atoms with Crippen LogP contribution < -0.4 is 15.4 Å². The van der Waals surface area contributed by atoms with Crippen molar-refractivity contribution < 1.29 is 9.53 Å². The van der Waals surface area contributed by atoms with Crippen molar-refractivity contribution in [2.75, 3.05) is 20.2 Å². The summed E-state index contributed by atoms with van der Waals surface area (Å²) in [6.07, 6.45) is 0. The first-order valence-electron chi connectivity index (χ1n) is 5.86. The molecule has 1 aliphatic heterocycles. The minimum absolute atomic E-state index is 0.0285. The van der Waals surface area contributed by atoms with E-state index in [9.17, 15) is 4.79 Å². The molecule has 2 rings (SSSR count). The first-order chi connectivity index (χ1) is 8.22. The summed E-state index contributed by atoms with van der Waals surface area (Å²) in [5, 5.41) is 6.11. The molecule has 4 nitrogen and oxygen atoms in total. The van der Waals surface area contributed by atoms with Crippen molar-refractivity contribution in [1.82, 2.24) is 10.6 Å². The van der Waals surface area contributed by atoms with Crippen molar-refractivity contribution in [1.29, 1.82) is 0 Å². The van der Waals surface area contributed by atoms with Crippen molar-refractivity contribution in [2.45, 2.75) is 13.0 Å². The van der Waals surface area contributed by atoms with E-state index in [1.807, 2.05) is 31.2 Å². The van der Waals surface area contributed by atoms with Crippen LogP contribution in [0.2, 0.25) is 0 Å². The molecule has 1 saturated heterocycles. The van der Waals surface area contributed by atoms with Crippen LogP contribution in [0.25, 0.3) is 0 Å². The van der Waals surface area contributed by atoms with Gasteiger partial charge in [-0.25, -0.2) is 0 Å². The molecule has 1 fully saturated rings. The lowest BCUT2D eigenvalue weighted by Crippen LogP contribution is -2.51. The summed E-state index contributed by atoms with van der Waals surface area (Å²) in [4.78, 5) is 11.8. The van der Waals surface area contributed by atoms with E-state index in [4.69, 9.17) is 4.74 Å². The van der Waals surface area contributed by atoms with Crippen molar-refractivity contribution in [2.24, 2.45) is 5.92 Å². The molecule has 1 aromatic carbocycles. The minimum atomic E-state index is -0.0285. The second kappa shape index (κ2) is 5.19. The molecule has 1 heterocycles. The summed E-state index contributed by atoms with van der Waals surface area (Å²) in [7, 11) is 1.64. The predicted molar refractivity (Wildman–Crippen MR) is 65.9 cm³/mol. The maximum absolute atomic E-state index is 11.8. The van der Waals surface area contributed by atoms with Gasteiger partial charge >= 0.3 is 0 Å². The van der Waals surface area contributed by atoms with Crippen LogP contribution in [0.1, 0.15) is 18.5 Å². The molecule has 0 spiro atoms. The molecular formula is C13H18N2O2. The van der Waals surface area contributed by atoms with Gasteiger partial charge in [-0.15, -0.1) is 0 Å². The summed E-state index contributed by atoms with van der Waals surface area (Å²) in [6, 6.07) is 7.73. The zero-order chi connectivity index (χ0) is 12.3. The third-order valence-electron chi connectivity index (χ3n) is 3.12. The molecule has 1 aromatic rings. The molecule has 0 bridgehead atoms. The average molecular weight is 234 g/mol. The van der Waals surface area contributed by atoms with E-state index in [-0.39, 0.29) is 17.9 Å². The summed E-state index contributed by atoms with van der Waals surface area (Å²) < 4.78 is 5.29. The standard InChI is InChI=1S/C13H18N2O2/c1-9(15-13(16)10-7-14-8-10)11-5-3-4-6-12(11)17-2/h3-6,9-10,14H,7-8H2,1-2H3,(H,15,16). The van der Waals surface area contributed by atoms with E-state index < -0.39 is 0 Å². The highest BCUT2D eigenvalue weighted by atomic mass is 16.5. The molecule has 17 heavy (non-hydrogen) atoms. The van der Waals surface area contributed by atoms with Crippen LogP contribution in [0.15, 0.2) is 24.3 Å². The minimum Gasteiger partial charge on any atom is -0.496 e. The van der Waals surface area contributed by atoms with Crippen LogP contribution in [0.4, 0.5) is 0 Å². The number of methoxy groups -OCH3 is 1. The lowest BCUT2D eigenvalue weighted by Gasteiger charge is -2.28. The van der Waals surface area contributed by atoms with Gasteiger partial charge in [0.25, 0.3) is 0 Å². The SMILES string of the molecule is COc1ccccc1C(C)NC(=O)C1CNC1. The Morgan fingerprint density at radius 1 is 1.47 bits per heavy atom. The molecule has 1 atom stereocenters. The smallest absolute Gasteiger partial charge is 0.226 e. The largest absolute Gasteiger partial charge is 0.496 e. The van der Waals surface area contributed by atoms with Gasteiger partial charge in [0, 0.05) is 18.7 Å². The number of carbonyl (C=O) groups is 1. The fourth-order valence-electron chi connectivity index (χ4n) is 1.91. The number of rotatable bonds is 4. The summed E-state index contributed by atoms with van der Waals surface area (Å²) in [5.41, 5.74) is 1.01. The maximum Gasteiger partial charge on any atom is 0.226 e. The number of benzene rings is 1. The summed E-state index contributed by atoms with van der Waals surface area (Å²) in [6.45, 7) is 3.54. The lowest BCUT2D eigenvalue weighted by molar-refractivity contribution is -0.127. The highest BCUT2D eigenvalue weighted by Gasteiger charge is 2.26. The Hall–Kier alpha value is -1.55. The van der Waals surface area contributed by atoms with Crippen LogP contribution in [0.3, 0.4) is 0 Å². The zero-order valence-electron chi connectivity index (χ0n) is 10.2. The van der Waals surface area contributed by atoms with E-state index in [1.165, 1.54) is 0 Å². The second-order valence-electron chi connectivity index (χ2n) is 4.33. The number of carbonyl (C=O) groups excluding carboxylic acids is 1. The summed E-state index contributed by atoms with van der Waals surface area (Å²) >= 11 is 0. The Labute approximate surface area is 101 Å². The first kappa shape index (κ1) is 11.9. The van der Waals surface area contributed by atoms with Crippen LogP contribution in [-0.2, 0) is 4.79 Å². The molecule has 0 radical (unpaired) electrons. The number of hydrogen-bond acceptors (Lipinski definition) is 3. The van der Waals surface area contributed by atoms with Crippen molar-refractivity contribution >= 4 is 5.91 Å². The van der Waals surface area contributed by atoms with Gasteiger partial charge in [-0.2, -0.15) is 0 Å². The van der Waals surface area contributed by atoms with Crippen molar-refractivity contribution in [3.05, 3.63) is 29.8 Å². The van der Waals surface area contributed by atoms with Gasteiger partial charge in [-0.05, 0) is 13.0 Å². The maximum atomic E-state index is 11.8. The molecule has 4 heteroatoms. The number of para-hydroxylation sites is 1. The van der Waals surface area contributed by atoms with E-state index in [2.05, 4.69) is 10.6 Å². The van der Waals surface area contributed by atoms with Gasteiger partial charge in [-0.3, -0.25) is 4.79 Å². The molecule has 92 valence electrons. The van der Waals surface area contributed by atoms with Crippen molar-refractivity contribution in [3.63, 3.8) is 0 Å². The van der Waals surface area contributed by atoms with Crippen LogP contribution in [0, 0.1) is 5.92 Å². The van der Waals surface area contributed by atoms with Crippen molar-refractivity contribution in [3.8, 4) is 5.75 Å². The Kier molecular flexibility index (Phi) is 3.64. The van der Waals surface area contributed by atoms with Crippen LogP contribution >= 0.6 is 0 Å². The van der Waals surface area contributed by atoms with Gasteiger partial charge in [0.1, 0.15) is 5.75 Å². The van der Waals surface area contributed by atoms with Gasteiger partial charge in [0.05, 0.1) is 19.1 Å². The fourth-order valence-corrected chi connectivity index (χ4v) is 1.91. The third kappa shape index (κ3) is 2.58. The van der Waals surface area contributed by atoms with Gasteiger partial charge in [0.2, 0.25) is 5.91 Å². The van der Waals surface area contributed by atoms with E-state index in [0.717, 1.165) is 24.4 Å². The summed E-state index contributed by atoms with van der Waals surface area (Å²) in [5.74, 6) is 1.04. The van der Waals surface area contributed by atoms with Crippen LogP contribution in [0.5, 0.6) is 5.75 Å². The second-order valence-corrected chi connectivity index (χ2v) is 4.33. The topological polar surface area (TPSA) is 50.4 Å². The lowest BCUT2D eigenvalue weighted by atomic mass is 10.0. The Bertz CT molecular complexity index is 402. The highest BCUT2D eigenvalue weighted by Crippen LogP contribution is 2.24. The van der Waals surface area contributed by atoms with Gasteiger partial charge < -0.3 is 15.4 Å².